The van der Waals surface area contributed by atoms with Crippen LogP contribution in [0.4, 0.5) is 5.69 Å². The van der Waals surface area contributed by atoms with Crippen molar-refractivity contribution in [1.29, 1.82) is 0 Å². The summed E-state index contributed by atoms with van der Waals surface area (Å²) in [6.45, 7) is 4.28. The predicted octanol–water partition coefficient (Wildman–Crippen LogP) is 3.82. The molecule has 1 aromatic carbocycles. The van der Waals surface area contributed by atoms with Crippen molar-refractivity contribution >= 4 is 34.6 Å². The van der Waals surface area contributed by atoms with Crippen molar-refractivity contribution in [2.45, 2.75) is 32.7 Å². The third-order valence-corrected chi connectivity index (χ3v) is 2.64. The smallest absolute Gasteiger partial charge is 0.170 e. The first-order valence-corrected chi connectivity index (χ1v) is 6.23. The SMILES string of the molecule is CCC[C@@H](C)NC(=S)Nc1cccc(Cl)c1. The van der Waals surface area contributed by atoms with Crippen molar-refractivity contribution < 1.29 is 0 Å². The summed E-state index contributed by atoms with van der Waals surface area (Å²) in [4.78, 5) is 0. The van der Waals surface area contributed by atoms with E-state index in [1.807, 2.05) is 24.3 Å². The number of anilines is 1. The largest absolute Gasteiger partial charge is 0.360 e. The molecule has 0 fully saturated rings. The van der Waals surface area contributed by atoms with Crippen molar-refractivity contribution in [1.82, 2.24) is 5.32 Å². The highest BCUT2D eigenvalue weighted by atomic mass is 35.5. The van der Waals surface area contributed by atoms with Crippen LogP contribution in [-0.4, -0.2) is 11.2 Å². The lowest BCUT2D eigenvalue weighted by Gasteiger charge is -2.16. The zero-order chi connectivity index (χ0) is 12.0. The van der Waals surface area contributed by atoms with Gasteiger partial charge in [0.15, 0.2) is 5.11 Å². The standard InChI is InChI=1S/C12H17ClN2S/c1-3-5-9(2)14-12(16)15-11-7-4-6-10(13)8-11/h4,6-9H,3,5H2,1-2H3,(H2,14,15,16)/t9-/m1/s1. The van der Waals surface area contributed by atoms with Crippen LogP contribution in [0.3, 0.4) is 0 Å². The van der Waals surface area contributed by atoms with Crippen LogP contribution in [0.1, 0.15) is 26.7 Å². The summed E-state index contributed by atoms with van der Waals surface area (Å²) in [6, 6.07) is 7.90. The fraction of sp³-hybridized carbons (Fsp3) is 0.417. The Bertz CT molecular complexity index is 355. The van der Waals surface area contributed by atoms with Crippen molar-refractivity contribution in [3.05, 3.63) is 29.3 Å². The van der Waals surface area contributed by atoms with Gasteiger partial charge in [0, 0.05) is 16.8 Å². The van der Waals surface area contributed by atoms with E-state index < -0.39 is 0 Å². The van der Waals surface area contributed by atoms with Gasteiger partial charge in [-0.3, -0.25) is 0 Å². The third-order valence-electron chi connectivity index (χ3n) is 2.18. The lowest BCUT2D eigenvalue weighted by molar-refractivity contribution is 0.599. The Morgan fingerprint density at radius 3 is 2.88 bits per heavy atom. The molecule has 1 atom stereocenters. The van der Waals surface area contributed by atoms with E-state index in [2.05, 4.69) is 24.5 Å². The van der Waals surface area contributed by atoms with Crippen LogP contribution in [0.5, 0.6) is 0 Å². The van der Waals surface area contributed by atoms with Gasteiger partial charge < -0.3 is 10.6 Å². The van der Waals surface area contributed by atoms with E-state index in [4.69, 9.17) is 23.8 Å². The Labute approximate surface area is 107 Å². The van der Waals surface area contributed by atoms with Crippen molar-refractivity contribution in [3.63, 3.8) is 0 Å². The van der Waals surface area contributed by atoms with Crippen LogP contribution < -0.4 is 10.6 Å². The Morgan fingerprint density at radius 2 is 2.25 bits per heavy atom. The highest BCUT2D eigenvalue weighted by Gasteiger charge is 2.03. The number of rotatable bonds is 4. The predicted molar refractivity (Wildman–Crippen MR) is 75.2 cm³/mol. The number of hydrogen-bond donors (Lipinski definition) is 2. The van der Waals surface area contributed by atoms with Gasteiger partial charge in [-0.1, -0.05) is 31.0 Å². The third kappa shape index (κ3) is 4.81. The first-order chi connectivity index (χ1) is 7.61. The fourth-order valence-corrected chi connectivity index (χ4v) is 1.97. The lowest BCUT2D eigenvalue weighted by Crippen LogP contribution is -2.35. The number of halogens is 1. The van der Waals surface area contributed by atoms with Crippen LogP contribution in [-0.2, 0) is 0 Å². The molecule has 0 spiro atoms. The van der Waals surface area contributed by atoms with Gasteiger partial charge in [-0.05, 0) is 43.8 Å². The molecule has 0 aliphatic rings. The van der Waals surface area contributed by atoms with E-state index in [9.17, 15) is 0 Å². The van der Waals surface area contributed by atoms with Gasteiger partial charge >= 0.3 is 0 Å². The lowest BCUT2D eigenvalue weighted by atomic mass is 10.2. The van der Waals surface area contributed by atoms with Crippen LogP contribution in [0.2, 0.25) is 5.02 Å². The quantitative estimate of drug-likeness (QED) is 0.801. The van der Waals surface area contributed by atoms with E-state index in [1.54, 1.807) is 0 Å². The van der Waals surface area contributed by atoms with Gasteiger partial charge in [0.25, 0.3) is 0 Å². The van der Waals surface area contributed by atoms with Gasteiger partial charge in [0.1, 0.15) is 0 Å². The minimum atomic E-state index is 0.393. The Hall–Kier alpha value is -0.800. The number of hydrogen-bond acceptors (Lipinski definition) is 1. The molecule has 0 unspecified atom stereocenters. The van der Waals surface area contributed by atoms with E-state index in [1.165, 1.54) is 0 Å². The van der Waals surface area contributed by atoms with Crippen LogP contribution in [0.25, 0.3) is 0 Å². The molecule has 2 N–H and O–H groups in total. The molecule has 1 rings (SSSR count). The van der Waals surface area contributed by atoms with Crippen molar-refractivity contribution in [2.24, 2.45) is 0 Å². The normalized spacial score (nSPS) is 11.9. The molecule has 0 aliphatic carbocycles. The second-order valence-electron chi connectivity index (χ2n) is 3.80. The number of thiocarbonyl (C=S) groups is 1. The molecular formula is C12H17ClN2S. The highest BCUT2D eigenvalue weighted by Crippen LogP contribution is 2.14. The van der Waals surface area contributed by atoms with E-state index >= 15 is 0 Å². The monoisotopic (exact) mass is 256 g/mol. The topological polar surface area (TPSA) is 24.1 Å². The second kappa shape index (κ2) is 6.71. The molecule has 1 aromatic rings. The van der Waals surface area contributed by atoms with Crippen LogP contribution in [0, 0.1) is 0 Å². The van der Waals surface area contributed by atoms with Gasteiger partial charge in [-0.2, -0.15) is 0 Å². The molecule has 2 nitrogen and oxygen atoms in total. The first-order valence-electron chi connectivity index (χ1n) is 5.45. The number of benzene rings is 1. The molecule has 0 amide bonds. The molecule has 16 heavy (non-hydrogen) atoms. The first kappa shape index (κ1) is 13.3. The zero-order valence-electron chi connectivity index (χ0n) is 9.59. The average molecular weight is 257 g/mol. The second-order valence-corrected chi connectivity index (χ2v) is 4.64. The zero-order valence-corrected chi connectivity index (χ0v) is 11.2. The molecule has 0 bridgehead atoms. The summed E-state index contributed by atoms with van der Waals surface area (Å²) in [5.41, 5.74) is 0.911. The maximum atomic E-state index is 5.88. The van der Waals surface area contributed by atoms with Crippen molar-refractivity contribution in [2.75, 3.05) is 5.32 Å². The van der Waals surface area contributed by atoms with Gasteiger partial charge in [-0.15, -0.1) is 0 Å². The Morgan fingerprint density at radius 1 is 1.50 bits per heavy atom. The highest BCUT2D eigenvalue weighted by molar-refractivity contribution is 7.80. The summed E-state index contributed by atoms with van der Waals surface area (Å²) >= 11 is 11.1. The molecule has 4 heteroatoms. The Kier molecular flexibility index (Phi) is 5.56. The van der Waals surface area contributed by atoms with Gasteiger partial charge in [0.05, 0.1) is 0 Å². The molecule has 0 saturated heterocycles. The molecule has 0 saturated carbocycles. The molecule has 0 aliphatic heterocycles. The molecule has 0 aromatic heterocycles. The van der Waals surface area contributed by atoms with Crippen LogP contribution >= 0.6 is 23.8 Å². The summed E-state index contributed by atoms with van der Waals surface area (Å²) in [5.74, 6) is 0. The molecule has 0 radical (unpaired) electrons. The van der Waals surface area contributed by atoms with Gasteiger partial charge in [0.2, 0.25) is 0 Å². The maximum absolute atomic E-state index is 5.88. The minimum Gasteiger partial charge on any atom is -0.360 e. The van der Waals surface area contributed by atoms with E-state index in [0.29, 0.717) is 16.2 Å². The number of nitrogens with one attached hydrogen (secondary N) is 2. The van der Waals surface area contributed by atoms with Crippen LogP contribution in [0.15, 0.2) is 24.3 Å². The summed E-state index contributed by atoms with van der Waals surface area (Å²) in [6.07, 6.45) is 2.26. The average Bonchev–Trinajstić information content (AvgIpc) is 2.17. The molecular weight excluding hydrogens is 240 g/mol. The van der Waals surface area contributed by atoms with Gasteiger partial charge in [-0.25, -0.2) is 0 Å². The minimum absolute atomic E-state index is 0.393. The fourth-order valence-electron chi connectivity index (χ4n) is 1.46. The summed E-state index contributed by atoms with van der Waals surface area (Å²) in [5, 5.41) is 7.68. The maximum Gasteiger partial charge on any atom is 0.170 e. The molecule has 88 valence electrons. The van der Waals surface area contributed by atoms with Crippen molar-refractivity contribution in [3.8, 4) is 0 Å². The Balaban J connectivity index is 2.45. The summed E-state index contributed by atoms with van der Waals surface area (Å²) in [7, 11) is 0. The van der Waals surface area contributed by atoms with E-state index in [0.717, 1.165) is 18.5 Å². The van der Waals surface area contributed by atoms with E-state index in [-0.39, 0.29) is 0 Å². The summed E-state index contributed by atoms with van der Waals surface area (Å²) < 4.78 is 0. The molecule has 0 heterocycles.